The molecular weight excluding hydrogens is 331 g/mol. The molecule has 4 nitrogen and oxygen atoms in total. The van der Waals surface area contributed by atoms with E-state index in [0.717, 1.165) is 22.6 Å². The minimum absolute atomic E-state index is 0.0122. The Balaban J connectivity index is 1.89. The molecule has 1 amide bonds. The molecule has 0 spiro atoms. The van der Waals surface area contributed by atoms with E-state index in [-0.39, 0.29) is 17.9 Å². The Morgan fingerprint density at radius 1 is 1.36 bits per heavy atom. The molecular formula is C18H22F3N3O. The Hall–Kier alpha value is -2.05. The molecule has 3 rings (SSSR count). The first kappa shape index (κ1) is 17.8. The van der Waals surface area contributed by atoms with Crippen molar-refractivity contribution < 1.29 is 18.0 Å². The molecule has 0 fully saturated rings. The van der Waals surface area contributed by atoms with Crippen LogP contribution in [-0.4, -0.2) is 36.4 Å². The van der Waals surface area contributed by atoms with Gasteiger partial charge in [0.2, 0.25) is 5.91 Å². The van der Waals surface area contributed by atoms with Crippen molar-refractivity contribution in [2.24, 2.45) is 11.0 Å². The van der Waals surface area contributed by atoms with Crippen LogP contribution in [-0.2, 0) is 10.2 Å². The van der Waals surface area contributed by atoms with Gasteiger partial charge in [-0.25, -0.2) is 0 Å². The molecule has 1 aliphatic heterocycles. The predicted molar refractivity (Wildman–Crippen MR) is 90.7 cm³/mol. The summed E-state index contributed by atoms with van der Waals surface area (Å²) in [6.45, 7) is 6.29. The highest BCUT2D eigenvalue weighted by atomic mass is 19.4. The maximum Gasteiger partial charge on any atom is 0.432 e. The zero-order valence-electron chi connectivity index (χ0n) is 14.7. The van der Waals surface area contributed by atoms with Crippen molar-refractivity contribution in [3.8, 4) is 0 Å². The molecule has 1 aliphatic carbocycles. The Labute approximate surface area is 145 Å². The van der Waals surface area contributed by atoms with Gasteiger partial charge >= 0.3 is 6.18 Å². The number of fused-ring (bicyclic) bond motifs is 1. The van der Waals surface area contributed by atoms with Crippen molar-refractivity contribution in [2.45, 2.75) is 44.7 Å². The summed E-state index contributed by atoms with van der Waals surface area (Å²) in [5.41, 5.74) is 1.73. The Morgan fingerprint density at radius 2 is 2.04 bits per heavy atom. The molecule has 2 unspecified atom stereocenters. The summed E-state index contributed by atoms with van der Waals surface area (Å²) in [6.07, 6.45) is -3.67. The maximum absolute atomic E-state index is 13.1. The molecule has 2 atom stereocenters. The van der Waals surface area contributed by atoms with Crippen LogP contribution in [0.2, 0.25) is 0 Å². The number of anilines is 1. The molecule has 136 valence electrons. The highest BCUT2D eigenvalue weighted by Gasteiger charge is 2.48. The lowest BCUT2D eigenvalue weighted by Crippen LogP contribution is -2.38. The van der Waals surface area contributed by atoms with E-state index >= 15 is 0 Å². The number of nitrogens with one attached hydrogen (secondary N) is 1. The molecule has 25 heavy (non-hydrogen) atoms. The fourth-order valence-electron chi connectivity index (χ4n) is 4.10. The molecule has 1 aromatic carbocycles. The van der Waals surface area contributed by atoms with Gasteiger partial charge in [0, 0.05) is 12.7 Å². The third-order valence-electron chi connectivity index (χ3n) is 5.06. The quantitative estimate of drug-likeness (QED) is 0.877. The van der Waals surface area contributed by atoms with Crippen LogP contribution in [0.15, 0.2) is 23.3 Å². The summed E-state index contributed by atoms with van der Waals surface area (Å²) >= 11 is 0. The van der Waals surface area contributed by atoms with Gasteiger partial charge in [0.1, 0.15) is 5.92 Å². The second kappa shape index (κ2) is 5.75. The summed E-state index contributed by atoms with van der Waals surface area (Å²) in [5.74, 6) is -1.74. The summed E-state index contributed by atoms with van der Waals surface area (Å²) in [4.78, 5) is 12.6. The van der Waals surface area contributed by atoms with Gasteiger partial charge in [0.15, 0.2) is 5.71 Å². The fourth-order valence-corrected chi connectivity index (χ4v) is 4.10. The molecule has 1 N–H and O–H groups in total. The van der Waals surface area contributed by atoms with Crippen LogP contribution in [0.3, 0.4) is 0 Å². The number of hydrazone groups is 1. The predicted octanol–water partition coefficient (Wildman–Crippen LogP) is 3.89. The zero-order chi connectivity index (χ0) is 18.6. The summed E-state index contributed by atoms with van der Waals surface area (Å²) in [7, 11) is 1.43. The maximum atomic E-state index is 13.1. The van der Waals surface area contributed by atoms with Gasteiger partial charge in [-0.15, -0.1) is 0 Å². The van der Waals surface area contributed by atoms with Crippen LogP contribution in [0.25, 0.3) is 0 Å². The molecule has 0 saturated heterocycles. The van der Waals surface area contributed by atoms with E-state index in [1.807, 2.05) is 12.1 Å². The number of nitrogens with zero attached hydrogens (tertiary/aromatic N) is 2. The molecule has 0 aromatic heterocycles. The molecule has 0 radical (unpaired) electrons. The highest BCUT2D eigenvalue weighted by molar-refractivity contribution is 6.12. The molecule has 0 bridgehead atoms. The SMILES string of the molecule is CC1CC(C)(C)c2cccc(NC(=O)C3CN(C)N=C3C(F)(F)F)c21. The third kappa shape index (κ3) is 3.12. The number of hydrogen-bond donors (Lipinski definition) is 1. The van der Waals surface area contributed by atoms with Gasteiger partial charge in [0.05, 0.1) is 6.54 Å². The van der Waals surface area contributed by atoms with Crippen molar-refractivity contribution in [2.75, 3.05) is 18.9 Å². The molecule has 1 aromatic rings. The van der Waals surface area contributed by atoms with Crippen LogP contribution in [0.1, 0.15) is 44.2 Å². The van der Waals surface area contributed by atoms with Crippen LogP contribution >= 0.6 is 0 Å². The van der Waals surface area contributed by atoms with E-state index in [4.69, 9.17) is 0 Å². The minimum Gasteiger partial charge on any atom is -0.325 e. The number of hydrogen-bond acceptors (Lipinski definition) is 3. The Morgan fingerprint density at radius 3 is 2.68 bits per heavy atom. The fraction of sp³-hybridized carbons (Fsp3) is 0.556. The number of rotatable bonds is 2. The van der Waals surface area contributed by atoms with Crippen molar-refractivity contribution in [3.05, 3.63) is 29.3 Å². The number of alkyl halides is 3. The van der Waals surface area contributed by atoms with Crippen LogP contribution in [0.4, 0.5) is 18.9 Å². The Bertz CT molecular complexity index is 740. The van der Waals surface area contributed by atoms with Crippen molar-refractivity contribution in [3.63, 3.8) is 0 Å². The summed E-state index contributed by atoms with van der Waals surface area (Å²) < 4.78 is 39.4. The van der Waals surface area contributed by atoms with Crippen molar-refractivity contribution >= 4 is 17.3 Å². The zero-order valence-corrected chi connectivity index (χ0v) is 14.7. The van der Waals surface area contributed by atoms with Crippen molar-refractivity contribution in [1.29, 1.82) is 0 Å². The Kier molecular flexibility index (Phi) is 4.08. The molecule has 0 saturated carbocycles. The smallest absolute Gasteiger partial charge is 0.325 e. The minimum atomic E-state index is -4.61. The molecule has 1 heterocycles. The van der Waals surface area contributed by atoms with E-state index in [1.165, 1.54) is 7.05 Å². The lowest BCUT2D eigenvalue weighted by atomic mass is 9.86. The van der Waals surface area contributed by atoms with Crippen LogP contribution in [0.5, 0.6) is 0 Å². The largest absolute Gasteiger partial charge is 0.432 e. The van der Waals surface area contributed by atoms with Gasteiger partial charge < -0.3 is 5.32 Å². The standard InChI is InChI=1S/C18H22F3N3O/c1-10-8-17(2,3)12-6-5-7-13(14(10)12)22-16(25)11-9-24(4)23-15(11)18(19,20)21/h5-7,10-11H,8-9H2,1-4H3,(H,22,25). The van der Waals surface area contributed by atoms with E-state index in [0.29, 0.717) is 5.69 Å². The first-order valence-electron chi connectivity index (χ1n) is 8.32. The first-order chi connectivity index (χ1) is 11.5. The van der Waals surface area contributed by atoms with Gasteiger partial charge in [-0.1, -0.05) is 32.9 Å². The lowest BCUT2D eigenvalue weighted by Gasteiger charge is -2.20. The average molecular weight is 353 g/mol. The second-order valence-electron chi connectivity index (χ2n) is 7.62. The number of halogens is 3. The molecule has 7 heteroatoms. The van der Waals surface area contributed by atoms with E-state index in [2.05, 4.69) is 31.2 Å². The second-order valence-corrected chi connectivity index (χ2v) is 7.62. The number of benzene rings is 1. The highest BCUT2D eigenvalue weighted by Crippen LogP contribution is 2.48. The summed E-state index contributed by atoms with van der Waals surface area (Å²) in [6, 6.07) is 5.63. The van der Waals surface area contributed by atoms with Gasteiger partial charge in [-0.3, -0.25) is 9.80 Å². The van der Waals surface area contributed by atoms with Crippen LogP contribution in [0, 0.1) is 5.92 Å². The number of carbonyl (C=O) groups excluding carboxylic acids is 1. The third-order valence-corrected chi connectivity index (χ3v) is 5.06. The number of amides is 1. The van der Waals surface area contributed by atoms with Gasteiger partial charge in [-0.05, 0) is 34.9 Å². The first-order valence-corrected chi connectivity index (χ1v) is 8.32. The average Bonchev–Trinajstić information content (AvgIpc) is 2.98. The monoisotopic (exact) mass is 353 g/mol. The van der Waals surface area contributed by atoms with E-state index in [9.17, 15) is 18.0 Å². The normalized spacial score (nSPS) is 24.9. The number of carbonyl (C=O) groups is 1. The lowest BCUT2D eigenvalue weighted by molar-refractivity contribution is -0.119. The van der Waals surface area contributed by atoms with Gasteiger partial charge in [-0.2, -0.15) is 18.3 Å². The van der Waals surface area contributed by atoms with E-state index < -0.39 is 23.7 Å². The van der Waals surface area contributed by atoms with E-state index in [1.54, 1.807) is 6.07 Å². The van der Waals surface area contributed by atoms with Crippen molar-refractivity contribution in [1.82, 2.24) is 5.01 Å². The summed E-state index contributed by atoms with van der Waals surface area (Å²) in [5, 5.41) is 7.37. The van der Waals surface area contributed by atoms with Gasteiger partial charge in [0.25, 0.3) is 0 Å². The van der Waals surface area contributed by atoms with Crippen LogP contribution < -0.4 is 5.32 Å². The topological polar surface area (TPSA) is 44.7 Å². The molecule has 2 aliphatic rings.